The molecule has 4 rings (SSSR count). The number of rotatable bonds is 8. The number of nitrogens with zero attached hydrogens (tertiary/aromatic N) is 3. The number of nitrogens with one attached hydrogen (secondary N) is 1. The number of benzene rings is 3. The summed E-state index contributed by atoms with van der Waals surface area (Å²) in [5, 5.41) is 2.84. The normalized spacial score (nSPS) is 13.3. The van der Waals surface area contributed by atoms with E-state index in [4.69, 9.17) is 4.74 Å². The molecule has 0 aliphatic carbocycles. The first-order valence-electron chi connectivity index (χ1n) is 12.9. The van der Waals surface area contributed by atoms with Crippen molar-refractivity contribution in [1.29, 1.82) is 0 Å². The first-order valence-corrected chi connectivity index (χ1v) is 12.9. The van der Waals surface area contributed by atoms with Crippen LogP contribution in [0.4, 0.5) is 15.8 Å². The summed E-state index contributed by atoms with van der Waals surface area (Å²) in [7, 11) is 1.59. The highest BCUT2D eigenvalue weighted by Crippen LogP contribution is 2.21. The largest absolute Gasteiger partial charge is 0.497 e. The number of amides is 3. The number of carbonyl (C=O) groups excluding carboxylic acids is 3. The molecule has 3 aromatic carbocycles. The highest BCUT2D eigenvalue weighted by molar-refractivity contribution is 5.99. The summed E-state index contributed by atoms with van der Waals surface area (Å²) in [6, 6.07) is 19.8. The zero-order chi connectivity index (χ0) is 27.9. The lowest BCUT2D eigenvalue weighted by molar-refractivity contribution is -0.117. The molecule has 0 radical (unpaired) electrons. The minimum atomic E-state index is -0.501. The number of ether oxygens (including phenoxy) is 1. The smallest absolute Gasteiger partial charge is 0.254 e. The van der Waals surface area contributed by atoms with Crippen LogP contribution in [0.5, 0.6) is 5.75 Å². The molecule has 1 heterocycles. The molecule has 0 aromatic heterocycles. The summed E-state index contributed by atoms with van der Waals surface area (Å²) in [6.07, 6.45) is 0. The molecule has 0 saturated carbocycles. The fraction of sp³-hybridized carbons (Fsp3) is 0.300. The fourth-order valence-electron chi connectivity index (χ4n) is 4.47. The molecular formula is C30H33FN4O4. The van der Waals surface area contributed by atoms with Crippen LogP contribution in [0, 0.1) is 5.82 Å². The summed E-state index contributed by atoms with van der Waals surface area (Å²) in [6.45, 7) is 6.06. The van der Waals surface area contributed by atoms with Gasteiger partial charge in [-0.15, -0.1) is 0 Å². The molecule has 0 bridgehead atoms. The second-order valence-corrected chi connectivity index (χ2v) is 9.64. The summed E-state index contributed by atoms with van der Waals surface area (Å²) in [4.78, 5) is 43.9. The summed E-state index contributed by atoms with van der Waals surface area (Å²) >= 11 is 0. The van der Waals surface area contributed by atoms with Gasteiger partial charge in [0.2, 0.25) is 5.91 Å². The van der Waals surface area contributed by atoms with E-state index in [1.807, 2.05) is 43.0 Å². The average Bonchev–Trinajstić information content (AvgIpc) is 2.95. The Hall–Kier alpha value is -4.40. The number of hydrogen-bond donors (Lipinski definition) is 1. The van der Waals surface area contributed by atoms with Gasteiger partial charge in [0.05, 0.1) is 7.11 Å². The predicted octanol–water partition coefficient (Wildman–Crippen LogP) is 4.29. The molecule has 204 valence electrons. The van der Waals surface area contributed by atoms with E-state index in [1.165, 1.54) is 29.2 Å². The summed E-state index contributed by atoms with van der Waals surface area (Å²) < 4.78 is 18.7. The Morgan fingerprint density at radius 1 is 0.923 bits per heavy atom. The number of anilines is 2. The van der Waals surface area contributed by atoms with Crippen molar-refractivity contribution in [2.75, 3.05) is 50.1 Å². The van der Waals surface area contributed by atoms with Gasteiger partial charge in [-0.05, 0) is 80.6 Å². The molecule has 1 fully saturated rings. The van der Waals surface area contributed by atoms with Crippen molar-refractivity contribution in [1.82, 2.24) is 9.80 Å². The molecule has 1 aliphatic heterocycles. The second-order valence-electron chi connectivity index (χ2n) is 9.64. The minimum absolute atomic E-state index is 0.00156. The molecule has 1 N–H and O–H groups in total. The first kappa shape index (κ1) is 27.6. The molecule has 8 nitrogen and oxygen atoms in total. The van der Waals surface area contributed by atoms with E-state index >= 15 is 0 Å². The van der Waals surface area contributed by atoms with Gasteiger partial charge in [-0.25, -0.2) is 4.39 Å². The number of methoxy groups -OCH3 is 1. The molecule has 1 aliphatic rings. The Labute approximate surface area is 228 Å². The van der Waals surface area contributed by atoms with Gasteiger partial charge in [0.15, 0.2) is 0 Å². The van der Waals surface area contributed by atoms with Gasteiger partial charge < -0.3 is 24.8 Å². The molecule has 0 spiro atoms. The van der Waals surface area contributed by atoms with Crippen molar-refractivity contribution < 1.29 is 23.5 Å². The maximum Gasteiger partial charge on any atom is 0.254 e. The topological polar surface area (TPSA) is 82.2 Å². The van der Waals surface area contributed by atoms with E-state index in [2.05, 4.69) is 10.2 Å². The van der Waals surface area contributed by atoms with Crippen LogP contribution in [-0.4, -0.2) is 73.4 Å². The maximum absolute atomic E-state index is 13.6. The Morgan fingerprint density at radius 2 is 1.59 bits per heavy atom. The zero-order valence-electron chi connectivity index (χ0n) is 22.4. The monoisotopic (exact) mass is 532 g/mol. The molecular weight excluding hydrogens is 499 g/mol. The van der Waals surface area contributed by atoms with Crippen LogP contribution in [0.15, 0.2) is 72.8 Å². The molecule has 3 amide bonds. The Morgan fingerprint density at radius 3 is 2.18 bits per heavy atom. The van der Waals surface area contributed by atoms with Crippen LogP contribution < -0.4 is 15.0 Å². The average molecular weight is 533 g/mol. The van der Waals surface area contributed by atoms with Gasteiger partial charge in [-0.3, -0.25) is 14.4 Å². The van der Waals surface area contributed by atoms with Crippen LogP contribution in [0.3, 0.4) is 0 Å². The zero-order valence-corrected chi connectivity index (χ0v) is 22.4. The van der Waals surface area contributed by atoms with Gasteiger partial charge in [0.25, 0.3) is 11.8 Å². The molecule has 3 aromatic rings. The van der Waals surface area contributed by atoms with Crippen LogP contribution >= 0.6 is 0 Å². The third kappa shape index (κ3) is 6.93. The first-order chi connectivity index (χ1) is 18.7. The van der Waals surface area contributed by atoms with Crippen LogP contribution in [0.2, 0.25) is 0 Å². The van der Waals surface area contributed by atoms with E-state index in [9.17, 15) is 18.8 Å². The second kappa shape index (κ2) is 12.4. The highest BCUT2D eigenvalue weighted by Gasteiger charge is 2.24. The van der Waals surface area contributed by atoms with Crippen LogP contribution in [-0.2, 0) is 4.79 Å². The van der Waals surface area contributed by atoms with E-state index in [-0.39, 0.29) is 30.0 Å². The molecule has 39 heavy (non-hydrogen) atoms. The molecule has 0 unspecified atom stereocenters. The Balaban J connectivity index is 1.30. The standard InChI is InChI=1S/C30H33FN4O4/c1-21(2)35(30(38)23-5-4-6-24(31)19-23)20-28(36)32-25-9-11-26(12-10-25)33-15-17-34(18-16-33)29(37)22-7-13-27(39-3)14-8-22/h4-14,19,21H,15-18,20H2,1-3H3,(H,32,36). The lowest BCUT2D eigenvalue weighted by Crippen LogP contribution is -2.48. The molecule has 0 atom stereocenters. The number of piperazine rings is 1. The Kier molecular flexibility index (Phi) is 8.81. The van der Waals surface area contributed by atoms with Crippen LogP contribution in [0.1, 0.15) is 34.6 Å². The third-order valence-corrected chi connectivity index (χ3v) is 6.69. The van der Waals surface area contributed by atoms with Gasteiger partial charge >= 0.3 is 0 Å². The van der Waals surface area contributed by atoms with E-state index in [0.29, 0.717) is 43.2 Å². The third-order valence-electron chi connectivity index (χ3n) is 6.69. The van der Waals surface area contributed by atoms with Gasteiger partial charge in [0, 0.05) is 54.7 Å². The lowest BCUT2D eigenvalue weighted by atomic mass is 10.1. The molecule has 9 heteroatoms. The van der Waals surface area contributed by atoms with E-state index < -0.39 is 11.7 Å². The van der Waals surface area contributed by atoms with E-state index in [0.717, 1.165) is 5.69 Å². The van der Waals surface area contributed by atoms with Crippen molar-refractivity contribution in [3.63, 3.8) is 0 Å². The summed E-state index contributed by atoms with van der Waals surface area (Å²) in [5.41, 5.74) is 2.44. The maximum atomic E-state index is 13.6. The number of carbonyl (C=O) groups is 3. The van der Waals surface area contributed by atoms with Gasteiger partial charge in [0.1, 0.15) is 18.1 Å². The molecule has 1 saturated heterocycles. The van der Waals surface area contributed by atoms with Gasteiger partial charge in [-0.2, -0.15) is 0 Å². The van der Waals surface area contributed by atoms with Crippen molar-refractivity contribution >= 4 is 29.1 Å². The SMILES string of the molecule is COc1ccc(C(=O)N2CCN(c3ccc(NC(=O)CN(C(=O)c4cccc(F)c4)C(C)C)cc3)CC2)cc1. The quantitative estimate of drug-likeness (QED) is 0.468. The summed E-state index contributed by atoms with van der Waals surface area (Å²) in [5.74, 6) is -0.530. The van der Waals surface area contributed by atoms with Crippen molar-refractivity contribution in [2.45, 2.75) is 19.9 Å². The van der Waals surface area contributed by atoms with Gasteiger partial charge in [-0.1, -0.05) is 6.07 Å². The Bertz CT molecular complexity index is 1300. The van der Waals surface area contributed by atoms with Crippen molar-refractivity contribution in [3.05, 3.63) is 89.7 Å². The van der Waals surface area contributed by atoms with Crippen molar-refractivity contribution in [2.24, 2.45) is 0 Å². The lowest BCUT2D eigenvalue weighted by Gasteiger charge is -2.36. The number of hydrogen-bond acceptors (Lipinski definition) is 5. The predicted molar refractivity (Wildman–Crippen MR) is 149 cm³/mol. The fourth-order valence-corrected chi connectivity index (χ4v) is 4.47. The number of halogens is 1. The van der Waals surface area contributed by atoms with E-state index in [1.54, 1.807) is 31.4 Å². The highest BCUT2D eigenvalue weighted by atomic mass is 19.1. The minimum Gasteiger partial charge on any atom is -0.497 e. The van der Waals surface area contributed by atoms with Crippen LogP contribution in [0.25, 0.3) is 0 Å². The van der Waals surface area contributed by atoms with Crippen molar-refractivity contribution in [3.8, 4) is 5.75 Å².